The van der Waals surface area contributed by atoms with Crippen LogP contribution in [0, 0.1) is 0 Å². The van der Waals surface area contributed by atoms with Gasteiger partial charge < -0.3 is 53.6 Å². The number of Topliss-reactive ketones (excluding diaryl/α,β-unsaturated/α-hetero) is 1. The maximum Gasteiger partial charge on any atom is 0.374 e. The first-order chi connectivity index (χ1) is 19.2. The molecule has 0 aromatic heterocycles. The van der Waals surface area contributed by atoms with E-state index in [1.165, 1.54) is 13.8 Å². The minimum atomic E-state index is -1.75. The van der Waals surface area contributed by atoms with Crippen molar-refractivity contribution in [2.24, 2.45) is 11.5 Å². The number of carbonyl (C=O) groups is 7. The van der Waals surface area contributed by atoms with Gasteiger partial charge in [-0.05, 0) is 53.6 Å². The van der Waals surface area contributed by atoms with Crippen molar-refractivity contribution in [1.29, 1.82) is 0 Å². The van der Waals surface area contributed by atoms with Crippen LogP contribution in [-0.2, 0) is 33.6 Å². The van der Waals surface area contributed by atoms with E-state index in [0.717, 1.165) is 6.92 Å². The highest BCUT2D eigenvalue weighted by atomic mass is 16.4. The highest BCUT2D eigenvalue weighted by molar-refractivity contribution is 6.35. The lowest BCUT2D eigenvalue weighted by Gasteiger charge is -2.26. The Labute approximate surface area is 238 Å². The van der Waals surface area contributed by atoms with Gasteiger partial charge in [-0.25, -0.2) is 4.79 Å². The number of hydrogen-bond acceptors (Lipinski definition) is 11. The molecule has 0 radical (unpaired) electrons. The van der Waals surface area contributed by atoms with E-state index in [4.69, 9.17) is 16.6 Å². The zero-order valence-electron chi connectivity index (χ0n) is 23.8. The minimum absolute atomic E-state index is 0.112. The molecule has 5 amide bonds. The van der Waals surface area contributed by atoms with Gasteiger partial charge in [0.25, 0.3) is 5.78 Å². The van der Waals surface area contributed by atoms with Crippen molar-refractivity contribution in [2.75, 3.05) is 26.7 Å². The summed E-state index contributed by atoms with van der Waals surface area (Å²) in [6.45, 7) is 4.02. The third-order valence-electron chi connectivity index (χ3n) is 5.85. The van der Waals surface area contributed by atoms with Crippen LogP contribution in [0.5, 0.6) is 0 Å². The molecule has 0 aromatic rings. The molecule has 0 aliphatic heterocycles. The number of ketones is 1. The monoisotopic (exact) mass is 588 g/mol. The van der Waals surface area contributed by atoms with E-state index in [-0.39, 0.29) is 12.8 Å². The lowest BCUT2D eigenvalue weighted by Crippen LogP contribution is -2.61. The van der Waals surface area contributed by atoms with Crippen LogP contribution in [0.3, 0.4) is 0 Å². The zero-order valence-corrected chi connectivity index (χ0v) is 23.8. The van der Waals surface area contributed by atoms with Gasteiger partial charge in [-0.2, -0.15) is 0 Å². The maximum absolute atomic E-state index is 13.0. The second kappa shape index (κ2) is 19.4. The van der Waals surface area contributed by atoms with E-state index >= 15 is 0 Å². The molecule has 0 aliphatic carbocycles. The largest absolute Gasteiger partial charge is 0.475 e. The van der Waals surface area contributed by atoms with Gasteiger partial charge >= 0.3 is 5.97 Å². The van der Waals surface area contributed by atoms with E-state index in [1.54, 1.807) is 7.05 Å². The molecular formula is C24H44N8O9. The van der Waals surface area contributed by atoms with Crippen molar-refractivity contribution >= 4 is 41.3 Å². The third kappa shape index (κ3) is 14.0. The number of nitrogens with two attached hydrogens (primary N) is 2. The predicted molar refractivity (Wildman–Crippen MR) is 146 cm³/mol. The summed E-state index contributed by atoms with van der Waals surface area (Å²) >= 11 is 0. The highest BCUT2D eigenvalue weighted by Crippen LogP contribution is 2.04. The van der Waals surface area contributed by atoms with Crippen molar-refractivity contribution in [3.8, 4) is 0 Å². The molecule has 0 heterocycles. The summed E-state index contributed by atoms with van der Waals surface area (Å²) in [4.78, 5) is 85.3. The van der Waals surface area contributed by atoms with Crippen molar-refractivity contribution in [3.05, 3.63) is 0 Å². The van der Waals surface area contributed by atoms with E-state index in [1.807, 2.05) is 0 Å². The molecule has 41 heavy (non-hydrogen) atoms. The summed E-state index contributed by atoms with van der Waals surface area (Å²) in [5.41, 5.74) is 11.0. The topological polar surface area (TPSA) is 284 Å². The molecule has 0 saturated carbocycles. The normalized spacial score (nSPS) is 15.2. The van der Waals surface area contributed by atoms with Crippen LogP contribution in [0.15, 0.2) is 0 Å². The third-order valence-corrected chi connectivity index (χ3v) is 5.85. The molecule has 0 saturated heterocycles. The molecular weight excluding hydrogens is 544 g/mol. The number of carbonyl (C=O) groups excluding carboxylic acids is 6. The van der Waals surface area contributed by atoms with Crippen molar-refractivity contribution in [1.82, 2.24) is 31.9 Å². The number of hydrogen-bond donors (Lipinski definition) is 10. The fourth-order valence-corrected chi connectivity index (χ4v) is 3.39. The van der Waals surface area contributed by atoms with Crippen LogP contribution in [0.2, 0.25) is 0 Å². The van der Waals surface area contributed by atoms with Crippen LogP contribution in [-0.4, -0.2) is 114 Å². The Kier molecular flexibility index (Phi) is 17.7. The fourth-order valence-electron chi connectivity index (χ4n) is 3.39. The molecule has 0 fully saturated rings. The lowest BCUT2D eigenvalue weighted by atomic mass is 10.1. The summed E-state index contributed by atoms with van der Waals surface area (Å²) in [6.07, 6.45) is 0.0682. The number of aliphatic hydroxyl groups excluding tert-OH is 1. The molecule has 0 aromatic carbocycles. The smallest absolute Gasteiger partial charge is 0.374 e. The SMILES string of the molecule is CNCCC(=O)NC(CCCCN)C(=O)NC(C(=O)NC(C)C(=O)NC(CN)C(=O)NC(C)C(=O)C(=O)O)C(C)O. The van der Waals surface area contributed by atoms with Crippen LogP contribution in [0.4, 0.5) is 0 Å². The Morgan fingerprint density at radius 2 is 1.32 bits per heavy atom. The number of aliphatic hydroxyl groups is 1. The standard InChI is InChI=1S/C24H44N8O9/c1-12(19(35)24(40)41)28-22(38)16(11-26)31-20(36)13(2)29-23(39)18(14(3)33)32-21(37)15(7-5-6-9-25)30-17(34)8-10-27-4/h12-16,18,27,33H,5-11,25-26H2,1-4H3,(H,28,38)(H,29,39)(H,30,34)(H,31,36)(H,32,37)(H,40,41). The molecule has 0 rings (SSSR count). The quantitative estimate of drug-likeness (QED) is 0.0473. The predicted octanol–water partition coefficient (Wildman–Crippen LogP) is -4.82. The van der Waals surface area contributed by atoms with Crippen LogP contribution < -0.4 is 43.4 Å². The number of rotatable bonds is 20. The molecule has 17 nitrogen and oxygen atoms in total. The Morgan fingerprint density at radius 1 is 0.732 bits per heavy atom. The van der Waals surface area contributed by atoms with Gasteiger partial charge in [0, 0.05) is 19.5 Å². The number of aliphatic carboxylic acids is 1. The van der Waals surface area contributed by atoms with Crippen LogP contribution >= 0.6 is 0 Å². The van der Waals surface area contributed by atoms with Crippen LogP contribution in [0.25, 0.3) is 0 Å². The minimum Gasteiger partial charge on any atom is -0.475 e. The maximum atomic E-state index is 13.0. The average molecular weight is 589 g/mol. The Bertz CT molecular complexity index is 931. The second-order valence-electron chi connectivity index (χ2n) is 9.41. The van der Waals surface area contributed by atoms with Gasteiger partial charge in [0.2, 0.25) is 29.5 Å². The van der Waals surface area contributed by atoms with Gasteiger partial charge in [-0.3, -0.25) is 28.8 Å². The molecule has 6 unspecified atom stereocenters. The summed E-state index contributed by atoms with van der Waals surface area (Å²) in [7, 11) is 1.67. The Hall–Kier alpha value is -3.67. The van der Waals surface area contributed by atoms with Gasteiger partial charge in [-0.1, -0.05) is 0 Å². The molecule has 17 heteroatoms. The Morgan fingerprint density at radius 3 is 1.83 bits per heavy atom. The molecule has 0 bridgehead atoms. The molecule has 0 spiro atoms. The van der Waals surface area contributed by atoms with Gasteiger partial charge in [-0.15, -0.1) is 0 Å². The van der Waals surface area contributed by atoms with E-state index in [9.17, 15) is 38.7 Å². The number of unbranched alkanes of at least 4 members (excludes halogenated alkanes) is 1. The first-order valence-electron chi connectivity index (χ1n) is 13.2. The summed E-state index contributed by atoms with van der Waals surface area (Å²) in [5, 5.41) is 33.5. The van der Waals surface area contributed by atoms with E-state index < -0.39 is 84.1 Å². The molecule has 234 valence electrons. The molecule has 6 atom stereocenters. The second-order valence-corrected chi connectivity index (χ2v) is 9.41. The first-order valence-corrected chi connectivity index (χ1v) is 13.2. The zero-order chi connectivity index (χ0) is 31.7. The van der Waals surface area contributed by atoms with Gasteiger partial charge in [0.1, 0.15) is 24.2 Å². The molecule has 0 aliphatic rings. The number of amides is 5. The molecule has 12 N–H and O–H groups in total. The fraction of sp³-hybridized carbons (Fsp3) is 0.708. The first kappa shape index (κ1) is 37.3. The summed E-state index contributed by atoms with van der Waals surface area (Å²) in [5.74, 6) is -6.85. The van der Waals surface area contributed by atoms with Gasteiger partial charge in [0.05, 0.1) is 12.1 Å². The number of carboxylic acid groups (broad SMARTS) is 1. The summed E-state index contributed by atoms with van der Waals surface area (Å²) in [6, 6.07) is -6.52. The van der Waals surface area contributed by atoms with Crippen molar-refractivity contribution < 1.29 is 43.8 Å². The summed E-state index contributed by atoms with van der Waals surface area (Å²) < 4.78 is 0. The number of nitrogens with one attached hydrogen (secondary N) is 6. The lowest BCUT2D eigenvalue weighted by molar-refractivity contribution is -0.150. The number of carboxylic acids is 1. The van der Waals surface area contributed by atoms with Crippen molar-refractivity contribution in [2.45, 2.75) is 82.8 Å². The van der Waals surface area contributed by atoms with Crippen LogP contribution in [0.1, 0.15) is 46.5 Å². The van der Waals surface area contributed by atoms with Crippen molar-refractivity contribution in [3.63, 3.8) is 0 Å². The Balaban J connectivity index is 5.34. The highest BCUT2D eigenvalue weighted by Gasteiger charge is 2.32. The van der Waals surface area contributed by atoms with Gasteiger partial charge in [0.15, 0.2) is 0 Å². The average Bonchev–Trinajstić information content (AvgIpc) is 2.91. The van der Waals surface area contributed by atoms with E-state index in [0.29, 0.717) is 25.9 Å². The van der Waals surface area contributed by atoms with E-state index in [2.05, 4.69) is 31.9 Å².